The van der Waals surface area contributed by atoms with E-state index >= 15 is 0 Å². The number of esters is 2. The Morgan fingerprint density at radius 2 is 1.40 bits per heavy atom. The van der Waals surface area contributed by atoms with Crippen molar-refractivity contribution in [3.63, 3.8) is 0 Å². The van der Waals surface area contributed by atoms with Gasteiger partial charge in [0.15, 0.2) is 11.5 Å². The first kappa shape index (κ1) is 23.2. The van der Waals surface area contributed by atoms with Crippen LogP contribution in [0, 0.1) is 0 Å². The summed E-state index contributed by atoms with van der Waals surface area (Å²) in [5.41, 5.74) is 0.200. The van der Waals surface area contributed by atoms with Crippen LogP contribution in [-0.2, 0) is 14.8 Å². The number of carbonyl (C=O) groups excluding carboxylic acids is 2. The van der Waals surface area contributed by atoms with Crippen LogP contribution in [0.1, 0.15) is 34.6 Å². The number of carbonyl (C=O) groups is 2. The van der Waals surface area contributed by atoms with Crippen LogP contribution in [0.15, 0.2) is 41.3 Å². The third-order valence-electron chi connectivity index (χ3n) is 3.87. The summed E-state index contributed by atoms with van der Waals surface area (Å²) in [6.45, 7) is 3.35. The molecule has 0 saturated heterocycles. The van der Waals surface area contributed by atoms with Gasteiger partial charge in [0.05, 0.1) is 32.5 Å². The lowest BCUT2D eigenvalue weighted by atomic mass is 10.2. The molecule has 0 aliphatic rings. The zero-order valence-electron chi connectivity index (χ0n) is 17.2. The first-order valence-corrected chi connectivity index (χ1v) is 10.3. The number of hydrogen-bond donors (Lipinski definition) is 1. The summed E-state index contributed by atoms with van der Waals surface area (Å²) >= 11 is 0. The lowest BCUT2D eigenvalue weighted by molar-refractivity contribution is 0.0600. The minimum Gasteiger partial charge on any atom is -0.495 e. The maximum Gasteiger partial charge on any atom is 0.343 e. The summed E-state index contributed by atoms with van der Waals surface area (Å²) < 4.78 is 47.9. The second-order valence-corrected chi connectivity index (χ2v) is 8.07. The van der Waals surface area contributed by atoms with Gasteiger partial charge in [-0.15, -0.1) is 0 Å². The lowest BCUT2D eigenvalue weighted by Gasteiger charge is -2.14. The molecule has 0 amide bonds. The average molecular weight is 437 g/mol. The van der Waals surface area contributed by atoms with E-state index in [2.05, 4.69) is 9.46 Å². The van der Waals surface area contributed by atoms with E-state index in [0.29, 0.717) is 0 Å². The number of benzene rings is 2. The molecule has 2 rings (SSSR count). The van der Waals surface area contributed by atoms with Crippen molar-refractivity contribution >= 4 is 22.0 Å². The normalized spacial score (nSPS) is 11.1. The topological polar surface area (TPSA) is 117 Å². The van der Waals surface area contributed by atoms with Crippen molar-refractivity contribution in [3.05, 3.63) is 47.5 Å². The number of methoxy groups -OCH3 is 3. The van der Waals surface area contributed by atoms with Crippen molar-refractivity contribution in [3.8, 4) is 17.2 Å². The fraction of sp³-hybridized carbons (Fsp3) is 0.300. The molecule has 1 N–H and O–H groups in total. The molecule has 2 aromatic rings. The molecule has 2 aromatic carbocycles. The molecule has 9 nitrogen and oxygen atoms in total. The van der Waals surface area contributed by atoms with Crippen molar-refractivity contribution < 1.29 is 37.0 Å². The molecule has 0 atom stereocenters. The highest BCUT2D eigenvalue weighted by atomic mass is 32.2. The van der Waals surface area contributed by atoms with Crippen LogP contribution in [0.2, 0.25) is 0 Å². The van der Waals surface area contributed by atoms with Crippen molar-refractivity contribution in [1.29, 1.82) is 0 Å². The maximum atomic E-state index is 12.6. The molecule has 0 saturated carbocycles. The fourth-order valence-electron chi connectivity index (χ4n) is 2.54. The van der Waals surface area contributed by atoms with Crippen molar-refractivity contribution in [1.82, 2.24) is 4.72 Å². The Kier molecular flexibility index (Phi) is 7.41. The number of ether oxygens (including phenoxy) is 4. The summed E-state index contributed by atoms with van der Waals surface area (Å²) in [7, 11) is 0.000734. The molecule has 0 radical (unpaired) electrons. The van der Waals surface area contributed by atoms with Gasteiger partial charge < -0.3 is 18.9 Å². The van der Waals surface area contributed by atoms with Gasteiger partial charge >= 0.3 is 11.9 Å². The predicted octanol–water partition coefficient (Wildman–Crippen LogP) is 2.40. The molecule has 0 aliphatic heterocycles. The van der Waals surface area contributed by atoms with Crippen LogP contribution in [0.4, 0.5) is 0 Å². The Bertz CT molecular complexity index is 1050. The Morgan fingerprint density at radius 3 is 1.93 bits per heavy atom. The molecular weight excluding hydrogens is 414 g/mol. The van der Waals surface area contributed by atoms with Crippen LogP contribution in [-0.4, -0.2) is 47.7 Å². The van der Waals surface area contributed by atoms with Crippen LogP contribution in [0.5, 0.6) is 17.2 Å². The third kappa shape index (κ3) is 5.28. The smallest absolute Gasteiger partial charge is 0.343 e. The van der Waals surface area contributed by atoms with E-state index in [1.165, 1.54) is 57.7 Å². The number of nitrogens with one attached hydrogen (secondary N) is 1. The van der Waals surface area contributed by atoms with Gasteiger partial charge in [0, 0.05) is 6.04 Å². The summed E-state index contributed by atoms with van der Waals surface area (Å²) in [6.07, 6.45) is 0. The second-order valence-electron chi connectivity index (χ2n) is 6.39. The second kappa shape index (κ2) is 9.59. The molecule has 0 bridgehead atoms. The summed E-state index contributed by atoms with van der Waals surface area (Å²) in [5.74, 6) is -1.12. The molecule has 0 heterocycles. The lowest BCUT2D eigenvalue weighted by Crippen LogP contribution is -2.30. The highest BCUT2D eigenvalue weighted by molar-refractivity contribution is 7.89. The fourth-order valence-corrected chi connectivity index (χ4v) is 3.99. The molecule has 0 aliphatic carbocycles. The van der Waals surface area contributed by atoms with E-state index in [0.717, 1.165) is 0 Å². The van der Waals surface area contributed by atoms with Gasteiger partial charge in [0.2, 0.25) is 10.0 Å². The van der Waals surface area contributed by atoms with Crippen molar-refractivity contribution in [2.45, 2.75) is 24.8 Å². The highest BCUT2D eigenvalue weighted by Gasteiger charge is 2.23. The summed E-state index contributed by atoms with van der Waals surface area (Å²) in [5, 5.41) is 0. The quantitative estimate of drug-likeness (QED) is 0.494. The molecule has 0 spiro atoms. The van der Waals surface area contributed by atoms with E-state index < -0.39 is 22.0 Å². The number of sulfonamides is 1. The van der Waals surface area contributed by atoms with E-state index in [4.69, 9.17) is 14.2 Å². The standard InChI is InChI=1S/C20H23NO8S/c1-12(2)21-30(24,25)18-11-14(7-9-16(18)26-3)20(23)29-15-8-6-13(19(22)28-5)10-17(15)27-4/h6-12,21H,1-5H3. The van der Waals surface area contributed by atoms with Crippen molar-refractivity contribution in [2.24, 2.45) is 0 Å². The first-order valence-electron chi connectivity index (χ1n) is 8.81. The molecule has 0 unspecified atom stereocenters. The molecule has 10 heteroatoms. The summed E-state index contributed by atoms with van der Waals surface area (Å²) in [4.78, 5) is 24.1. The van der Waals surface area contributed by atoms with Gasteiger partial charge in [0.1, 0.15) is 10.6 Å². The predicted molar refractivity (Wildman–Crippen MR) is 108 cm³/mol. The highest BCUT2D eigenvalue weighted by Crippen LogP contribution is 2.30. The van der Waals surface area contributed by atoms with Gasteiger partial charge in [-0.2, -0.15) is 0 Å². The van der Waals surface area contributed by atoms with Crippen LogP contribution in [0.3, 0.4) is 0 Å². The Labute approximate surface area is 174 Å². The van der Waals surface area contributed by atoms with E-state index in [1.807, 2.05) is 0 Å². The monoisotopic (exact) mass is 437 g/mol. The van der Waals surface area contributed by atoms with Gasteiger partial charge in [0.25, 0.3) is 0 Å². The minimum atomic E-state index is -3.92. The molecular formula is C20H23NO8S. The van der Waals surface area contributed by atoms with Crippen LogP contribution < -0.4 is 18.9 Å². The third-order valence-corrected chi connectivity index (χ3v) is 5.55. The SMILES string of the molecule is COC(=O)c1ccc(OC(=O)c2ccc(OC)c(S(=O)(=O)NC(C)C)c2)c(OC)c1. The van der Waals surface area contributed by atoms with Gasteiger partial charge in [-0.1, -0.05) is 0 Å². The Hall–Kier alpha value is -3.11. The summed E-state index contributed by atoms with van der Waals surface area (Å²) in [6, 6.07) is 7.71. The van der Waals surface area contributed by atoms with Gasteiger partial charge in [-0.05, 0) is 50.2 Å². The van der Waals surface area contributed by atoms with E-state index in [1.54, 1.807) is 13.8 Å². The maximum absolute atomic E-state index is 12.6. The first-order chi connectivity index (χ1) is 14.1. The van der Waals surface area contributed by atoms with Gasteiger partial charge in [-0.25, -0.2) is 22.7 Å². The number of hydrogen-bond acceptors (Lipinski definition) is 8. The van der Waals surface area contributed by atoms with Crippen molar-refractivity contribution in [2.75, 3.05) is 21.3 Å². The molecule has 0 fully saturated rings. The average Bonchev–Trinajstić information content (AvgIpc) is 2.71. The van der Waals surface area contributed by atoms with E-state index in [9.17, 15) is 18.0 Å². The van der Waals surface area contributed by atoms with Crippen LogP contribution >= 0.6 is 0 Å². The van der Waals surface area contributed by atoms with E-state index in [-0.39, 0.29) is 39.3 Å². The zero-order chi connectivity index (χ0) is 22.5. The van der Waals surface area contributed by atoms with Gasteiger partial charge in [-0.3, -0.25) is 0 Å². The Morgan fingerprint density at radius 1 is 0.833 bits per heavy atom. The Balaban J connectivity index is 2.38. The zero-order valence-corrected chi connectivity index (χ0v) is 18.0. The number of rotatable bonds is 8. The molecule has 162 valence electrons. The largest absolute Gasteiger partial charge is 0.495 e. The molecule has 0 aromatic heterocycles. The molecule has 30 heavy (non-hydrogen) atoms. The van der Waals surface area contributed by atoms with Crippen LogP contribution in [0.25, 0.3) is 0 Å². The minimum absolute atomic E-state index is 0.0148.